The summed E-state index contributed by atoms with van der Waals surface area (Å²) in [5.74, 6) is 0. The average Bonchev–Trinajstić information content (AvgIpc) is 2.15. The Hall–Kier alpha value is -0.860. The standard InChI is InChI=1S/C13H20O2/c1-5-15-11(4)13(14)12-7-9(2)6-10(3)8-12/h6-8,11,13-14H,5H2,1-4H3. The van der Waals surface area contributed by atoms with Gasteiger partial charge in [-0.25, -0.2) is 0 Å². The summed E-state index contributed by atoms with van der Waals surface area (Å²) in [5, 5.41) is 10.0. The molecule has 0 fully saturated rings. The largest absolute Gasteiger partial charge is 0.386 e. The van der Waals surface area contributed by atoms with Gasteiger partial charge in [0.2, 0.25) is 0 Å². The van der Waals surface area contributed by atoms with Crippen molar-refractivity contribution in [3.63, 3.8) is 0 Å². The number of benzene rings is 1. The van der Waals surface area contributed by atoms with E-state index in [0.717, 1.165) is 5.56 Å². The van der Waals surface area contributed by atoms with Crippen molar-refractivity contribution in [2.75, 3.05) is 6.61 Å². The Kier molecular flexibility index (Phi) is 4.30. The molecule has 0 spiro atoms. The lowest BCUT2D eigenvalue weighted by Crippen LogP contribution is -2.18. The molecular weight excluding hydrogens is 188 g/mol. The van der Waals surface area contributed by atoms with Gasteiger partial charge < -0.3 is 9.84 Å². The molecule has 2 atom stereocenters. The van der Waals surface area contributed by atoms with Crippen LogP contribution in [0.25, 0.3) is 0 Å². The van der Waals surface area contributed by atoms with E-state index in [0.29, 0.717) is 6.61 Å². The van der Waals surface area contributed by atoms with Crippen LogP contribution >= 0.6 is 0 Å². The van der Waals surface area contributed by atoms with Crippen molar-refractivity contribution in [3.8, 4) is 0 Å². The number of aryl methyl sites for hydroxylation is 2. The first-order valence-corrected chi connectivity index (χ1v) is 5.42. The molecule has 0 aliphatic rings. The van der Waals surface area contributed by atoms with Crippen molar-refractivity contribution in [3.05, 3.63) is 34.9 Å². The molecule has 0 saturated carbocycles. The van der Waals surface area contributed by atoms with Gasteiger partial charge in [-0.1, -0.05) is 29.3 Å². The molecule has 0 aliphatic heterocycles. The van der Waals surface area contributed by atoms with Crippen LogP contribution in [0, 0.1) is 13.8 Å². The van der Waals surface area contributed by atoms with E-state index >= 15 is 0 Å². The van der Waals surface area contributed by atoms with E-state index < -0.39 is 6.10 Å². The van der Waals surface area contributed by atoms with E-state index in [4.69, 9.17) is 4.74 Å². The fourth-order valence-electron chi connectivity index (χ4n) is 1.81. The fourth-order valence-corrected chi connectivity index (χ4v) is 1.81. The monoisotopic (exact) mass is 208 g/mol. The van der Waals surface area contributed by atoms with Crippen molar-refractivity contribution in [1.82, 2.24) is 0 Å². The van der Waals surface area contributed by atoms with Crippen LogP contribution in [-0.2, 0) is 4.74 Å². The molecule has 0 heterocycles. The number of aliphatic hydroxyl groups is 1. The third-order valence-electron chi connectivity index (χ3n) is 2.46. The highest BCUT2D eigenvalue weighted by molar-refractivity contribution is 5.30. The zero-order chi connectivity index (χ0) is 11.4. The molecule has 2 heteroatoms. The van der Waals surface area contributed by atoms with Crippen molar-refractivity contribution in [2.24, 2.45) is 0 Å². The molecule has 0 aromatic heterocycles. The summed E-state index contributed by atoms with van der Waals surface area (Å²) in [7, 11) is 0. The average molecular weight is 208 g/mol. The van der Waals surface area contributed by atoms with Crippen molar-refractivity contribution in [1.29, 1.82) is 0 Å². The minimum absolute atomic E-state index is 0.156. The van der Waals surface area contributed by atoms with Crippen molar-refractivity contribution < 1.29 is 9.84 Å². The van der Waals surface area contributed by atoms with Crippen LogP contribution in [0.3, 0.4) is 0 Å². The van der Waals surface area contributed by atoms with Gasteiger partial charge in [0.1, 0.15) is 6.10 Å². The molecule has 1 N–H and O–H groups in total. The van der Waals surface area contributed by atoms with Crippen LogP contribution in [0.5, 0.6) is 0 Å². The fraction of sp³-hybridized carbons (Fsp3) is 0.538. The Labute approximate surface area is 91.9 Å². The van der Waals surface area contributed by atoms with E-state index in [-0.39, 0.29) is 6.10 Å². The van der Waals surface area contributed by atoms with Crippen LogP contribution in [0.1, 0.15) is 36.6 Å². The van der Waals surface area contributed by atoms with E-state index in [2.05, 4.69) is 6.07 Å². The highest BCUT2D eigenvalue weighted by Gasteiger charge is 2.16. The first-order chi connectivity index (χ1) is 7.04. The molecule has 1 rings (SSSR count). The molecule has 0 radical (unpaired) electrons. The summed E-state index contributed by atoms with van der Waals surface area (Å²) in [6.07, 6.45) is -0.695. The molecule has 1 aromatic carbocycles. The summed E-state index contributed by atoms with van der Waals surface area (Å²) in [5.41, 5.74) is 3.29. The smallest absolute Gasteiger partial charge is 0.105 e. The zero-order valence-electron chi connectivity index (χ0n) is 9.95. The van der Waals surface area contributed by atoms with E-state index in [1.54, 1.807) is 0 Å². The quantitative estimate of drug-likeness (QED) is 0.824. The summed E-state index contributed by atoms with van der Waals surface area (Å²) in [6, 6.07) is 6.11. The molecule has 84 valence electrons. The maximum atomic E-state index is 10.0. The Morgan fingerprint density at radius 2 is 1.73 bits per heavy atom. The predicted octanol–water partition coefficient (Wildman–Crippen LogP) is 2.76. The van der Waals surface area contributed by atoms with E-state index in [1.165, 1.54) is 11.1 Å². The third kappa shape index (κ3) is 3.33. The minimum Gasteiger partial charge on any atom is -0.386 e. The lowest BCUT2D eigenvalue weighted by Gasteiger charge is -2.19. The molecule has 0 amide bonds. The minimum atomic E-state index is -0.538. The summed E-state index contributed by atoms with van der Waals surface area (Å²) < 4.78 is 5.39. The normalized spacial score (nSPS) is 15.0. The van der Waals surface area contributed by atoms with Crippen molar-refractivity contribution in [2.45, 2.75) is 39.9 Å². The molecule has 2 unspecified atom stereocenters. The second kappa shape index (κ2) is 5.29. The van der Waals surface area contributed by atoms with Gasteiger partial charge in [-0.05, 0) is 33.3 Å². The van der Waals surface area contributed by atoms with Crippen LogP contribution in [0.2, 0.25) is 0 Å². The topological polar surface area (TPSA) is 29.5 Å². The zero-order valence-corrected chi connectivity index (χ0v) is 9.95. The van der Waals surface area contributed by atoms with E-state index in [9.17, 15) is 5.11 Å². The van der Waals surface area contributed by atoms with Gasteiger partial charge >= 0.3 is 0 Å². The van der Waals surface area contributed by atoms with Gasteiger partial charge in [-0.2, -0.15) is 0 Å². The first kappa shape index (κ1) is 12.2. The highest BCUT2D eigenvalue weighted by atomic mass is 16.5. The molecule has 2 nitrogen and oxygen atoms in total. The number of aliphatic hydroxyl groups excluding tert-OH is 1. The Morgan fingerprint density at radius 3 is 2.20 bits per heavy atom. The summed E-state index contributed by atoms with van der Waals surface area (Å²) in [4.78, 5) is 0. The molecule has 0 bridgehead atoms. The Balaban J connectivity index is 2.85. The number of hydrogen-bond acceptors (Lipinski definition) is 2. The number of hydrogen-bond donors (Lipinski definition) is 1. The molecule has 15 heavy (non-hydrogen) atoms. The second-order valence-electron chi connectivity index (χ2n) is 4.03. The molecule has 1 aromatic rings. The maximum Gasteiger partial charge on any atom is 0.105 e. The van der Waals surface area contributed by atoms with Gasteiger partial charge in [0.15, 0.2) is 0 Å². The van der Waals surface area contributed by atoms with Gasteiger partial charge in [-0.3, -0.25) is 0 Å². The lowest BCUT2D eigenvalue weighted by molar-refractivity contribution is -0.0228. The highest BCUT2D eigenvalue weighted by Crippen LogP contribution is 2.21. The summed E-state index contributed by atoms with van der Waals surface area (Å²) >= 11 is 0. The van der Waals surface area contributed by atoms with Crippen LogP contribution in [-0.4, -0.2) is 17.8 Å². The Bertz CT molecular complexity index is 300. The van der Waals surface area contributed by atoms with Gasteiger partial charge in [-0.15, -0.1) is 0 Å². The molecule has 0 aliphatic carbocycles. The van der Waals surface area contributed by atoms with Crippen LogP contribution < -0.4 is 0 Å². The van der Waals surface area contributed by atoms with Gasteiger partial charge in [0.05, 0.1) is 6.10 Å². The third-order valence-corrected chi connectivity index (χ3v) is 2.46. The second-order valence-corrected chi connectivity index (χ2v) is 4.03. The first-order valence-electron chi connectivity index (χ1n) is 5.42. The van der Waals surface area contributed by atoms with Crippen molar-refractivity contribution >= 4 is 0 Å². The number of rotatable bonds is 4. The number of ether oxygens (including phenoxy) is 1. The van der Waals surface area contributed by atoms with Gasteiger partial charge in [0.25, 0.3) is 0 Å². The van der Waals surface area contributed by atoms with Gasteiger partial charge in [0, 0.05) is 6.61 Å². The lowest BCUT2D eigenvalue weighted by atomic mass is 10.0. The van der Waals surface area contributed by atoms with E-state index in [1.807, 2.05) is 39.8 Å². The Morgan fingerprint density at radius 1 is 1.20 bits per heavy atom. The van der Waals surface area contributed by atoms with Crippen LogP contribution in [0.4, 0.5) is 0 Å². The maximum absolute atomic E-state index is 10.0. The summed E-state index contributed by atoms with van der Waals surface area (Å²) in [6.45, 7) is 8.53. The molecular formula is C13H20O2. The predicted molar refractivity (Wildman–Crippen MR) is 62.0 cm³/mol. The van der Waals surface area contributed by atoms with Crippen LogP contribution in [0.15, 0.2) is 18.2 Å². The molecule has 0 saturated heterocycles. The SMILES string of the molecule is CCOC(C)C(O)c1cc(C)cc(C)c1.